The maximum absolute atomic E-state index is 12.0. The van der Waals surface area contributed by atoms with Crippen molar-refractivity contribution in [3.05, 3.63) is 24.4 Å². The summed E-state index contributed by atoms with van der Waals surface area (Å²) in [5.41, 5.74) is 0.650. The van der Waals surface area contributed by atoms with Gasteiger partial charge in [-0.1, -0.05) is 13.5 Å². The summed E-state index contributed by atoms with van der Waals surface area (Å²) in [4.78, 5) is 60.2. The minimum absolute atomic E-state index is 0.0461. The third-order valence-electron chi connectivity index (χ3n) is 5.04. The van der Waals surface area contributed by atoms with E-state index >= 15 is 0 Å². The summed E-state index contributed by atoms with van der Waals surface area (Å²) in [6.07, 6.45) is 6.04. The molecule has 2 atom stereocenters. The van der Waals surface area contributed by atoms with Gasteiger partial charge in [0, 0.05) is 49.9 Å². The van der Waals surface area contributed by atoms with Gasteiger partial charge in [0.05, 0.1) is 6.04 Å². The largest absolute Gasteiger partial charge is 0.347 e. The van der Waals surface area contributed by atoms with Crippen LogP contribution in [0.1, 0.15) is 65.7 Å². The number of ketones is 3. The molecule has 7 nitrogen and oxygen atoms in total. The zero-order valence-electron chi connectivity index (χ0n) is 17.7. The Hall–Kier alpha value is -2.57. The second kappa shape index (κ2) is 12.1. The Morgan fingerprint density at radius 3 is 2.24 bits per heavy atom. The first-order chi connectivity index (χ1) is 13.6. The molecule has 0 aromatic rings. The zero-order chi connectivity index (χ0) is 22.0. The van der Waals surface area contributed by atoms with Crippen LogP contribution in [0.15, 0.2) is 24.4 Å². The number of hydrogen-bond acceptors (Lipinski definition) is 5. The number of carbonyl (C=O) groups excluding carboxylic acids is 5. The van der Waals surface area contributed by atoms with Crippen LogP contribution in [0, 0.1) is 5.92 Å². The molecule has 1 aliphatic heterocycles. The number of rotatable bonds is 14. The molecule has 0 aliphatic carbocycles. The van der Waals surface area contributed by atoms with Gasteiger partial charge in [-0.25, -0.2) is 0 Å². The SMILES string of the molecule is C=C1C=CC(=O)N1CCCC(=O)CCCCC(=O)NC(C)C(=O)CC(C)C(C)=O. The van der Waals surface area contributed by atoms with Crippen molar-refractivity contribution >= 4 is 29.2 Å². The third-order valence-corrected chi connectivity index (χ3v) is 5.04. The molecule has 0 aromatic carbocycles. The van der Waals surface area contributed by atoms with Crippen molar-refractivity contribution in [1.82, 2.24) is 10.2 Å². The Morgan fingerprint density at radius 1 is 1.03 bits per heavy atom. The molecule has 2 amide bonds. The van der Waals surface area contributed by atoms with Crippen LogP contribution < -0.4 is 5.32 Å². The number of amides is 2. The molecule has 0 saturated carbocycles. The minimum atomic E-state index is -0.622. The molecule has 1 rings (SSSR count). The van der Waals surface area contributed by atoms with E-state index in [4.69, 9.17) is 0 Å². The molecule has 7 heteroatoms. The number of allylic oxidation sites excluding steroid dienone is 1. The summed E-state index contributed by atoms with van der Waals surface area (Å²) in [7, 11) is 0. The lowest BCUT2D eigenvalue weighted by Gasteiger charge is -2.16. The average Bonchev–Trinajstić information content (AvgIpc) is 2.97. The van der Waals surface area contributed by atoms with Gasteiger partial charge in [0.1, 0.15) is 11.6 Å². The molecule has 0 radical (unpaired) electrons. The monoisotopic (exact) mass is 404 g/mol. The lowest BCUT2D eigenvalue weighted by atomic mass is 9.98. The van der Waals surface area contributed by atoms with Gasteiger partial charge in [-0.2, -0.15) is 0 Å². The van der Waals surface area contributed by atoms with Crippen molar-refractivity contribution in [3.63, 3.8) is 0 Å². The molecular weight excluding hydrogens is 372 g/mol. The van der Waals surface area contributed by atoms with E-state index in [2.05, 4.69) is 11.9 Å². The first-order valence-electron chi connectivity index (χ1n) is 10.1. The fourth-order valence-corrected chi connectivity index (χ4v) is 2.93. The van der Waals surface area contributed by atoms with Crippen molar-refractivity contribution in [2.45, 2.75) is 71.8 Å². The number of carbonyl (C=O) groups is 5. The van der Waals surface area contributed by atoms with Crippen molar-refractivity contribution in [2.24, 2.45) is 5.92 Å². The molecule has 2 unspecified atom stereocenters. The highest BCUT2D eigenvalue weighted by atomic mass is 16.2. The fourth-order valence-electron chi connectivity index (χ4n) is 2.93. The lowest BCUT2D eigenvalue weighted by Crippen LogP contribution is -2.39. The molecule has 1 N–H and O–H groups in total. The van der Waals surface area contributed by atoms with E-state index in [1.807, 2.05) is 0 Å². The Balaban J connectivity index is 2.13. The van der Waals surface area contributed by atoms with Crippen molar-refractivity contribution in [2.75, 3.05) is 6.54 Å². The maximum Gasteiger partial charge on any atom is 0.251 e. The van der Waals surface area contributed by atoms with Crippen LogP contribution in [0.3, 0.4) is 0 Å². The molecule has 0 bridgehead atoms. The standard InChI is InChI=1S/C22H32N2O5/c1-15(18(4)25)14-20(27)17(3)23-21(28)10-6-5-8-19(26)9-7-13-24-16(2)11-12-22(24)29/h11-12,15,17H,2,5-10,13-14H2,1,3-4H3,(H,23,28). The first-order valence-corrected chi connectivity index (χ1v) is 10.1. The molecule has 0 saturated heterocycles. The molecule has 1 heterocycles. The second-order valence-corrected chi connectivity index (χ2v) is 7.64. The number of nitrogens with one attached hydrogen (secondary N) is 1. The van der Waals surface area contributed by atoms with Gasteiger partial charge in [0.2, 0.25) is 5.91 Å². The molecular formula is C22H32N2O5. The van der Waals surface area contributed by atoms with E-state index in [-0.39, 0.29) is 47.9 Å². The lowest BCUT2D eigenvalue weighted by molar-refractivity contribution is -0.129. The van der Waals surface area contributed by atoms with Gasteiger partial charge in [-0.15, -0.1) is 0 Å². The zero-order valence-corrected chi connectivity index (χ0v) is 17.7. The molecule has 0 spiro atoms. The molecule has 0 aromatic heterocycles. The first kappa shape index (κ1) is 24.5. The van der Waals surface area contributed by atoms with Crippen molar-refractivity contribution in [3.8, 4) is 0 Å². The molecule has 1 aliphatic rings. The molecule has 29 heavy (non-hydrogen) atoms. The average molecular weight is 405 g/mol. The third kappa shape index (κ3) is 8.98. The molecule has 0 fully saturated rings. The van der Waals surface area contributed by atoms with Crippen LogP contribution in [0.5, 0.6) is 0 Å². The van der Waals surface area contributed by atoms with Crippen LogP contribution >= 0.6 is 0 Å². The van der Waals surface area contributed by atoms with Gasteiger partial charge >= 0.3 is 0 Å². The van der Waals surface area contributed by atoms with Crippen LogP contribution in [-0.2, 0) is 24.0 Å². The predicted molar refractivity (Wildman–Crippen MR) is 110 cm³/mol. The summed E-state index contributed by atoms with van der Waals surface area (Å²) in [6.45, 7) is 9.01. The highest BCUT2D eigenvalue weighted by molar-refractivity contribution is 5.93. The van der Waals surface area contributed by atoms with Crippen LogP contribution in [0.2, 0.25) is 0 Å². The Bertz CT molecular complexity index is 677. The Kier molecular flexibility index (Phi) is 10.2. The fraction of sp³-hybridized carbons (Fsp3) is 0.591. The minimum Gasteiger partial charge on any atom is -0.347 e. The van der Waals surface area contributed by atoms with Crippen molar-refractivity contribution < 1.29 is 24.0 Å². The van der Waals surface area contributed by atoms with E-state index in [1.54, 1.807) is 24.8 Å². The van der Waals surface area contributed by atoms with E-state index in [0.29, 0.717) is 44.3 Å². The number of hydrogen-bond donors (Lipinski definition) is 1. The Morgan fingerprint density at radius 2 is 1.66 bits per heavy atom. The Labute approximate surface area is 172 Å². The van der Waals surface area contributed by atoms with Gasteiger partial charge in [0.15, 0.2) is 5.78 Å². The summed E-state index contributed by atoms with van der Waals surface area (Å²) < 4.78 is 0. The normalized spacial score (nSPS) is 15.3. The van der Waals surface area contributed by atoms with Gasteiger partial charge in [-0.3, -0.25) is 24.0 Å². The maximum atomic E-state index is 12.0. The summed E-state index contributed by atoms with van der Waals surface area (Å²) in [6, 6.07) is -0.622. The van der Waals surface area contributed by atoms with Gasteiger partial charge in [0.25, 0.3) is 5.91 Å². The van der Waals surface area contributed by atoms with Crippen LogP contribution in [0.25, 0.3) is 0 Å². The van der Waals surface area contributed by atoms with E-state index in [1.165, 1.54) is 13.0 Å². The quantitative estimate of drug-likeness (QED) is 0.448. The second-order valence-electron chi connectivity index (χ2n) is 7.64. The highest BCUT2D eigenvalue weighted by Gasteiger charge is 2.20. The summed E-state index contributed by atoms with van der Waals surface area (Å²) in [5, 5.41) is 2.65. The van der Waals surface area contributed by atoms with Crippen LogP contribution in [0.4, 0.5) is 0 Å². The van der Waals surface area contributed by atoms with Gasteiger partial charge in [-0.05, 0) is 39.2 Å². The summed E-state index contributed by atoms with van der Waals surface area (Å²) in [5.74, 6) is -0.770. The number of nitrogens with zero attached hydrogens (tertiary/aromatic N) is 1. The number of unbranched alkanes of at least 4 members (excludes halogenated alkanes) is 1. The smallest absolute Gasteiger partial charge is 0.251 e. The van der Waals surface area contributed by atoms with E-state index < -0.39 is 6.04 Å². The molecule has 160 valence electrons. The number of Topliss-reactive ketones (excluding diaryl/α,β-unsaturated/α-hetero) is 3. The van der Waals surface area contributed by atoms with E-state index in [9.17, 15) is 24.0 Å². The highest BCUT2D eigenvalue weighted by Crippen LogP contribution is 2.14. The summed E-state index contributed by atoms with van der Waals surface area (Å²) >= 11 is 0. The van der Waals surface area contributed by atoms with Crippen LogP contribution in [-0.4, -0.2) is 46.7 Å². The van der Waals surface area contributed by atoms with Gasteiger partial charge < -0.3 is 10.2 Å². The topological polar surface area (TPSA) is 101 Å². The van der Waals surface area contributed by atoms with E-state index in [0.717, 1.165) is 0 Å². The van der Waals surface area contributed by atoms with Crippen molar-refractivity contribution in [1.29, 1.82) is 0 Å². The predicted octanol–water partition coefficient (Wildman–Crippen LogP) is 2.50.